The number of carbonyl (C=O) groups is 1. The Bertz CT molecular complexity index is 374. The first-order valence-corrected chi connectivity index (χ1v) is 5.65. The Hall–Kier alpha value is -1.51. The maximum absolute atomic E-state index is 11.0. The lowest BCUT2D eigenvalue weighted by molar-refractivity contribution is 0.0698. The van der Waals surface area contributed by atoms with Gasteiger partial charge in [-0.2, -0.15) is 0 Å². The molecular weight excluding hydrogens is 202 g/mol. The quantitative estimate of drug-likeness (QED) is 0.802. The largest absolute Gasteiger partial charge is 0.478 e. The zero-order chi connectivity index (χ0) is 12.1. The zero-order valence-corrected chi connectivity index (χ0v) is 10.1. The second-order valence-corrected chi connectivity index (χ2v) is 4.19. The average molecular weight is 221 g/mol. The number of hydrogen-bond donors (Lipinski definition) is 2. The SMILES string of the molecule is CCCC(C)Nc1cc(C)ccc1C(=O)O. The van der Waals surface area contributed by atoms with Gasteiger partial charge in [-0.25, -0.2) is 4.79 Å². The Kier molecular flexibility index (Phi) is 4.35. The van der Waals surface area contributed by atoms with Crippen molar-refractivity contribution < 1.29 is 9.90 Å². The van der Waals surface area contributed by atoms with Crippen LogP contribution in [0.3, 0.4) is 0 Å². The monoisotopic (exact) mass is 221 g/mol. The third-order valence-corrected chi connectivity index (χ3v) is 2.53. The molecule has 1 aromatic carbocycles. The topological polar surface area (TPSA) is 49.3 Å². The predicted octanol–water partition coefficient (Wildman–Crippen LogP) is 3.29. The lowest BCUT2D eigenvalue weighted by Gasteiger charge is -2.16. The van der Waals surface area contributed by atoms with Crippen LogP contribution in [-0.4, -0.2) is 17.1 Å². The summed E-state index contributed by atoms with van der Waals surface area (Å²) in [6.45, 7) is 6.14. The van der Waals surface area contributed by atoms with Crippen LogP contribution in [0, 0.1) is 6.92 Å². The average Bonchev–Trinajstić information content (AvgIpc) is 2.17. The van der Waals surface area contributed by atoms with Crippen molar-refractivity contribution in [1.82, 2.24) is 0 Å². The van der Waals surface area contributed by atoms with E-state index in [-0.39, 0.29) is 0 Å². The fourth-order valence-corrected chi connectivity index (χ4v) is 1.73. The van der Waals surface area contributed by atoms with Gasteiger partial charge in [0.1, 0.15) is 0 Å². The molecule has 0 radical (unpaired) electrons. The molecular formula is C13H19NO2. The highest BCUT2D eigenvalue weighted by Crippen LogP contribution is 2.19. The van der Waals surface area contributed by atoms with Gasteiger partial charge in [-0.05, 0) is 38.0 Å². The van der Waals surface area contributed by atoms with Crippen LogP contribution >= 0.6 is 0 Å². The van der Waals surface area contributed by atoms with Crippen LogP contribution < -0.4 is 5.32 Å². The van der Waals surface area contributed by atoms with Gasteiger partial charge in [0.05, 0.1) is 5.56 Å². The molecule has 0 fully saturated rings. The summed E-state index contributed by atoms with van der Waals surface area (Å²) in [5.74, 6) is -0.883. The minimum absolute atomic E-state index is 0.296. The normalized spacial score (nSPS) is 12.2. The summed E-state index contributed by atoms with van der Waals surface area (Å²) >= 11 is 0. The van der Waals surface area contributed by atoms with Crippen LogP contribution in [0.1, 0.15) is 42.6 Å². The van der Waals surface area contributed by atoms with Crippen LogP contribution in [0.5, 0.6) is 0 Å². The van der Waals surface area contributed by atoms with Gasteiger partial charge in [-0.15, -0.1) is 0 Å². The Morgan fingerprint density at radius 1 is 1.50 bits per heavy atom. The van der Waals surface area contributed by atoms with Gasteiger partial charge in [-0.1, -0.05) is 19.4 Å². The van der Waals surface area contributed by atoms with Crippen molar-refractivity contribution in [3.63, 3.8) is 0 Å². The number of benzene rings is 1. The molecule has 1 unspecified atom stereocenters. The second-order valence-electron chi connectivity index (χ2n) is 4.19. The molecule has 0 saturated heterocycles. The molecule has 1 rings (SSSR count). The summed E-state index contributed by atoms with van der Waals surface area (Å²) in [7, 11) is 0. The molecule has 3 nitrogen and oxygen atoms in total. The van der Waals surface area contributed by atoms with E-state index in [1.165, 1.54) is 0 Å². The number of aromatic carboxylic acids is 1. The summed E-state index contributed by atoms with van der Waals surface area (Å²) in [4.78, 5) is 11.0. The maximum Gasteiger partial charge on any atom is 0.337 e. The first-order chi connectivity index (χ1) is 7.54. The molecule has 0 amide bonds. The highest BCUT2D eigenvalue weighted by molar-refractivity contribution is 5.94. The third kappa shape index (κ3) is 3.26. The van der Waals surface area contributed by atoms with Crippen LogP contribution in [0.25, 0.3) is 0 Å². The molecule has 0 spiro atoms. The standard InChI is InChI=1S/C13H19NO2/c1-4-5-10(3)14-12-8-9(2)6-7-11(12)13(15)16/h6-8,10,14H,4-5H2,1-3H3,(H,15,16). The highest BCUT2D eigenvalue weighted by atomic mass is 16.4. The van der Waals surface area contributed by atoms with E-state index in [2.05, 4.69) is 19.2 Å². The van der Waals surface area contributed by atoms with E-state index in [1.54, 1.807) is 6.07 Å². The molecule has 0 heterocycles. The molecule has 0 saturated carbocycles. The molecule has 0 aliphatic carbocycles. The number of carboxylic acids is 1. The Labute approximate surface area is 96.5 Å². The lowest BCUT2D eigenvalue weighted by Crippen LogP contribution is -2.17. The molecule has 1 aromatic rings. The Balaban J connectivity index is 2.92. The van der Waals surface area contributed by atoms with E-state index in [0.29, 0.717) is 17.3 Å². The predicted molar refractivity (Wildman–Crippen MR) is 66.1 cm³/mol. The van der Waals surface area contributed by atoms with Crippen LogP contribution in [-0.2, 0) is 0 Å². The molecule has 16 heavy (non-hydrogen) atoms. The fourth-order valence-electron chi connectivity index (χ4n) is 1.73. The minimum Gasteiger partial charge on any atom is -0.478 e. The van der Waals surface area contributed by atoms with Crippen molar-refractivity contribution in [1.29, 1.82) is 0 Å². The van der Waals surface area contributed by atoms with Gasteiger partial charge in [0.2, 0.25) is 0 Å². The fraction of sp³-hybridized carbons (Fsp3) is 0.462. The van der Waals surface area contributed by atoms with Crippen molar-refractivity contribution in [2.24, 2.45) is 0 Å². The summed E-state index contributed by atoms with van der Waals surface area (Å²) in [5.41, 5.74) is 2.12. The molecule has 0 bridgehead atoms. The van der Waals surface area contributed by atoms with E-state index in [1.807, 2.05) is 19.1 Å². The van der Waals surface area contributed by atoms with Crippen molar-refractivity contribution in [3.8, 4) is 0 Å². The highest BCUT2D eigenvalue weighted by Gasteiger charge is 2.11. The molecule has 1 atom stereocenters. The number of carboxylic acid groups (broad SMARTS) is 1. The van der Waals surface area contributed by atoms with Gasteiger partial charge in [0, 0.05) is 11.7 Å². The van der Waals surface area contributed by atoms with Gasteiger partial charge in [0.15, 0.2) is 0 Å². The van der Waals surface area contributed by atoms with E-state index < -0.39 is 5.97 Å². The molecule has 0 aliphatic heterocycles. The van der Waals surface area contributed by atoms with Gasteiger partial charge in [0.25, 0.3) is 0 Å². The van der Waals surface area contributed by atoms with Gasteiger partial charge >= 0.3 is 5.97 Å². The van der Waals surface area contributed by atoms with E-state index in [4.69, 9.17) is 5.11 Å². The summed E-state index contributed by atoms with van der Waals surface area (Å²) in [5, 5.41) is 12.3. The number of anilines is 1. The van der Waals surface area contributed by atoms with E-state index in [9.17, 15) is 4.79 Å². The summed E-state index contributed by atoms with van der Waals surface area (Å²) in [6, 6.07) is 5.65. The number of aryl methyl sites for hydroxylation is 1. The van der Waals surface area contributed by atoms with Crippen molar-refractivity contribution in [2.45, 2.75) is 39.7 Å². The number of hydrogen-bond acceptors (Lipinski definition) is 2. The number of nitrogens with one attached hydrogen (secondary N) is 1. The number of rotatable bonds is 5. The molecule has 88 valence electrons. The van der Waals surface area contributed by atoms with Crippen LogP contribution in [0.2, 0.25) is 0 Å². The van der Waals surface area contributed by atoms with Crippen molar-refractivity contribution in [3.05, 3.63) is 29.3 Å². The van der Waals surface area contributed by atoms with Crippen LogP contribution in [0.15, 0.2) is 18.2 Å². The third-order valence-electron chi connectivity index (χ3n) is 2.53. The first-order valence-electron chi connectivity index (χ1n) is 5.65. The van der Waals surface area contributed by atoms with Crippen molar-refractivity contribution in [2.75, 3.05) is 5.32 Å². The molecule has 0 aliphatic rings. The molecule has 2 N–H and O–H groups in total. The van der Waals surface area contributed by atoms with Gasteiger partial charge in [-0.3, -0.25) is 0 Å². The van der Waals surface area contributed by atoms with Crippen molar-refractivity contribution >= 4 is 11.7 Å². The summed E-state index contributed by atoms with van der Waals surface area (Å²) in [6.07, 6.45) is 2.12. The minimum atomic E-state index is -0.883. The lowest BCUT2D eigenvalue weighted by atomic mass is 10.1. The Morgan fingerprint density at radius 3 is 2.75 bits per heavy atom. The zero-order valence-electron chi connectivity index (χ0n) is 10.1. The summed E-state index contributed by atoms with van der Waals surface area (Å²) < 4.78 is 0. The smallest absolute Gasteiger partial charge is 0.337 e. The first kappa shape index (κ1) is 12.6. The van der Waals surface area contributed by atoms with Crippen LogP contribution in [0.4, 0.5) is 5.69 Å². The second kappa shape index (κ2) is 5.54. The van der Waals surface area contributed by atoms with Gasteiger partial charge < -0.3 is 10.4 Å². The van der Waals surface area contributed by atoms with E-state index in [0.717, 1.165) is 18.4 Å². The Morgan fingerprint density at radius 2 is 2.19 bits per heavy atom. The van der Waals surface area contributed by atoms with E-state index >= 15 is 0 Å². The maximum atomic E-state index is 11.0. The molecule has 3 heteroatoms. The molecule has 0 aromatic heterocycles.